The van der Waals surface area contributed by atoms with Gasteiger partial charge in [-0.2, -0.15) is 0 Å². The molecule has 1 heterocycles. The number of rotatable bonds is 4. The molecule has 0 saturated heterocycles. The molecule has 0 spiro atoms. The van der Waals surface area contributed by atoms with Crippen LogP contribution in [-0.4, -0.2) is 22.6 Å². The van der Waals surface area contributed by atoms with Gasteiger partial charge < -0.3 is 0 Å². The molecule has 6 nitrogen and oxygen atoms in total. The quantitative estimate of drug-likeness (QED) is 0.837. The molecule has 0 aliphatic carbocycles. The summed E-state index contributed by atoms with van der Waals surface area (Å²) in [4.78, 5) is 0.951. The minimum Gasteiger partial charge on any atom is -0.225 e. The van der Waals surface area contributed by atoms with Crippen LogP contribution in [0.25, 0.3) is 0 Å². The molecule has 2 aromatic carbocycles. The number of thioether (sulfide) groups is 1. The lowest BCUT2D eigenvalue weighted by Crippen LogP contribution is -2.30. The summed E-state index contributed by atoms with van der Waals surface area (Å²) >= 11 is 1.70. The SMILES string of the molecule is NS(=O)(=O)c1ccc(S(=O)(=O)NC2CCSc3ccccc32)cc1. The van der Waals surface area contributed by atoms with Gasteiger partial charge in [0.1, 0.15) is 0 Å². The lowest BCUT2D eigenvalue weighted by molar-refractivity contribution is 0.545. The van der Waals surface area contributed by atoms with E-state index in [2.05, 4.69) is 4.72 Å². The molecule has 0 aromatic heterocycles. The van der Waals surface area contributed by atoms with E-state index in [-0.39, 0.29) is 15.8 Å². The van der Waals surface area contributed by atoms with Crippen molar-refractivity contribution in [1.29, 1.82) is 0 Å². The highest BCUT2D eigenvalue weighted by atomic mass is 32.2. The smallest absolute Gasteiger partial charge is 0.225 e. The van der Waals surface area contributed by atoms with Crippen molar-refractivity contribution in [3.63, 3.8) is 0 Å². The maximum absolute atomic E-state index is 12.6. The molecule has 1 unspecified atom stereocenters. The highest BCUT2D eigenvalue weighted by Crippen LogP contribution is 2.36. The molecule has 128 valence electrons. The van der Waals surface area contributed by atoms with Crippen LogP contribution in [0, 0.1) is 0 Å². The van der Waals surface area contributed by atoms with Crippen molar-refractivity contribution in [2.24, 2.45) is 5.14 Å². The maximum Gasteiger partial charge on any atom is 0.241 e. The summed E-state index contributed by atoms with van der Waals surface area (Å²) in [7, 11) is -7.61. The predicted molar refractivity (Wildman–Crippen MR) is 92.7 cm³/mol. The van der Waals surface area contributed by atoms with Crippen molar-refractivity contribution < 1.29 is 16.8 Å². The van der Waals surface area contributed by atoms with Gasteiger partial charge in [0, 0.05) is 10.9 Å². The summed E-state index contributed by atoms with van der Waals surface area (Å²) in [5.74, 6) is 0.828. The van der Waals surface area contributed by atoms with E-state index in [0.29, 0.717) is 6.42 Å². The Kier molecular flexibility index (Phi) is 4.71. The molecule has 3 rings (SSSR count). The Bertz CT molecular complexity index is 954. The summed E-state index contributed by atoms with van der Waals surface area (Å²) in [5.41, 5.74) is 0.957. The lowest BCUT2D eigenvalue weighted by Gasteiger charge is -2.25. The summed E-state index contributed by atoms with van der Waals surface area (Å²) in [5, 5.41) is 5.02. The van der Waals surface area contributed by atoms with Crippen LogP contribution in [0.2, 0.25) is 0 Å². The minimum atomic E-state index is -3.85. The van der Waals surface area contributed by atoms with Gasteiger partial charge in [0.15, 0.2) is 0 Å². The number of fused-ring (bicyclic) bond motifs is 1. The van der Waals surface area contributed by atoms with Crippen LogP contribution >= 0.6 is 11.8 Å². The Morgan fingerprint density at radius 1 is 0.958 bits per heavy atom. The normalized spacial score (nSPS) is 18.1. The van der Waals surface area contributed by atoms with Crippen LogP contribution in [0.5, 0.6) is 0 Å². The molecule has 0 fully saturated rings. The second kappa shape index (κ2) is 6.49. The molecule has 0 saturated carbocycles. The second-order valence-corrected chi connectivity index (χ2v) is 9.78. The van der Waals surface area contributed by atoms with Crippen LogP contribution in [0.4, 0.5) is 0 Å². The second-order valence-electron chi connectivity index (χ2n) is 5.37. The zero-order valence-corrected chi connectivity index (χ0v) is 15.0. The van der Waals surface area contributed by atoms with Gasteiger partial charge in [-0.25, -0.2) is 26.7 Å². The fourth-order valence-corrected chi connectivity index (χ4v) is 5.42. The average molecular weight is 385 g/mol. The van der Waals surface area contributed by atoms with Crippen molar-refractivity contribution in [3.8, 4) is 0 Å². The van der Waals surface area contributed by atoms with E-state index < -0.39 is 20.0 Å². The van der Waals surface area contributed by atoms with Gasteiger partial charge in [-0.3, -0.25) is 0 Å². The van der Waals surface area contributed by atoms with E-state index in [0.717, 1.165) is 16.2 Å². The molecule has 9 heteroatoms. The third-order valence-electron chi connectivity index (χ3n) is 3.72. The molecule has 1 aliphatic heterocycles. The number of nitrogens with one attached hydrogen (secondary N) is 1. The van der Waals surface area contributed by atoms with Crippen LogP contribution in [-0.2, 0) is 20.0 Å². The predicted octanol–water partition coefficient (Wildman–Crippen LogP) is 1.85. The van der Waals surface area contributed by atoms with Crippen LogP contribution in [0.3, 0.4) is 0 Å². The number of hydrogen-bond acceptors (Lipinski definition) is 5. The lowest BCUT2D eigenvalue weighted by atomic mass is 10.1. The van der Waals surface area contributed by atoms with Crippen molar-refractivity contribution in [2.45, 2.75) is 27.1 Å². The molecule has 0 radical (unpaired) electrons. The van der Waals surface area contributed by atoms with Crippen molar-refractivity contribution in [2.75, 3.05) is 5.75 Å². The van der Waals surface area contributed by atoms with Gasteiger partial charge >= 0.3 is 0 Å². The Balaban J connectivity index is 1.87. The molecule has 1 atom stereocenters. The fraction of sp³-hybridized carbons (Fsp3) is 0.200. The van der Waals surface area contributed by atoms with Crippen molar-refractivity contribution >= 4 is 31.8 Å². The van der Waals surface area contributed by atoms with E-state index >= 15 is 0 Å². The Labute approximate surface area is 145 Å². The highest BCUT2D eigenvalue weighted by Gasteiger charge is 2.26. The van der Waals surface area contributed by atoms with Gasteiger partial charge in [-0.15, -0.1) is 11.8 Å². The molecule has 2 aromatic rings. The third-order valence-corrected chi connectivity index (χ3v) is 7.26. The third kappa shape index (κ3) is 3.65. The summed E-state index contributed by atoms with van der Waals surface area (Å²) in [6, 6.07) is 12.3. The topological polar surface area (TPSA) is 106 Å². The van der Waals surface area contributed by atoms with E-state index in [1.165, 1.54) is 24.3 Å². The Morgan fingerprint density at radius 3 is 2.25 bits per heavy atom. The standard InChI is InChI=1S/C15H16N2O4S3/c16-23(18,19)11-5-7-12(8-6-11)24(20,21)17-14-9-10-22-15-4-2-1-3-13(14)15/h1-8,14,17H,9-10H2,(H2,16,18,19). The van der Waals surface area contributed by atoms with Gasteiger partial charge in [-0.1, -0.05) is 18.2 Å². The van der Waals surface area contributed by atoms with Gasteiger partial charge in [0.2, 0.25) is 20.0 Å². The monoisotopic (exact) mass is 384 g/mol. The van der Waals surface area contributed by atoms with E-state index in [4.69, 9.17) is 5.14 Å². The molecule has 0 bridgehead atoms. The highest BCUT2D eigenvalue weighted by molar-refractivity contribution is 7.99. The first kappa shape index (κ1) is 17.4. The zero-order valence-electron chi connectivity index (χ0n) is 12.5. The first-order chi connectivity index (χ1) is 11.3. The van der Waals surface area contributed by atoms with Crippen LogP contribution < -0.4 is 9.86 Å². The summed E-state index contributed by atoms with van der Waals surface area (Å²) in [6.07, 6.45) is 0.691. The van der Waals surface area contributed by atoms with E-state index in [1.54, 1.807) is 11.8 Å². The number of primary sulfonamides is 1. The molecular weight excluding hydrogens is 368 g/mol. The Hall–Kier alpha value is -1.39. The van der Waals surface area contributed by atoms with Crippen molar-refractivity contribution in [3.05, 3.63) is 54.1 Å². The molecule has 3 N–H and O–H groups in total. The number of nitrogens with two attached hydrogens (primary N) is 1. The molecule has 24 heavy (non-hydrogen) atoms. The molecule has 1 aliphatic rings. The molecular formula is C15H16N2O4S3. The molecule has 0 amide bonds. The number of sulfonamides is 2. The van der Waals surface area contributed by atoms with Crippen LogP contribution in [0.15, 0.2) is 63.2 Å². The van der Waals surface area contributed by atoms with E-state index in [1.807, 2.05) is 24.3 Å². The first-order valence-electron chi connectivity index (χ1n) is 7.14. The maximum atomic E-state index is 12.6. The first-order valence-corrected chi connectivity index (χ1v) is 11.2. The number of hydrogen-bond donors (Lipinski definition) is 2. The average Bonchev–Trinajstić information content (AvgIpc) is 2.54. The zero-order chi connectivity index (χ0) is 17.4. The minimum absolute atomic E-state index is 0.00519. The summed E-state index contributed by atoms with van der Waals surface area (Å²) < 4.78 is 50.4. The van der Waals surface area contributed by atoms with E-state index in [9.17, 15) is 16.8 Å². The van der Waals surface area contributed by atoms with Gasteiger partial charge in [0.25, 0.3) is 0 Å². The fourth-order valence-electron chi connectivity index (χ4n) is 2.53. The number of benzene rings is 2. The summed E-state index contributed by atoms with van der Waals surface area (Å²) in [6.45, 7) is 0. The van der Waals surface area contributed by atoms with Crippen LogP contribution in [0.1, 0.15) is 18.0 Å². The van der Waals surface area contributed by atoms with Gasteiger partial charge in [-0.05, 0) is 48.1 Å². The largest absolute Gasteiger partial charge is 0.241 e. The Morgan fingerprint density at radius 2 is 1.58 bits per heavy atom. The van der Waals surface area contributed by atoms with Crippen molar-refractivity contribution in [1.82, 2.24) is 4.72 Å². The van der Waals surface area contributed by atoms with Gasteiger partial charge in [0.05, 0.1) is 9.79 Å².